The zero-order chi connectivity index (χ0) is 11.2. The average Bonchev–Trinajstić information content (AvgIpc) is 2.89. The van der Waals surface area contributed by atoms with Gasteiger partial charge < -0.3 is 4.40 Å². The van der Waals surface area contributed by atoms with Crippen molar-refractivity contribution >= 4 is 27.3 Å². The molecule has 0 unspecified atom stereocenters. The van der Waals surface area contributed by atoms with E-state index in [1.807, 2.05) is 43.0 Å². The molecule has 80 valence electrons. The second-order valence-electron chi connectivity index (χ2n) is 4.06. The molecule has 0 amide bonds. The van der Waals surface area contributed by atoms with Gasteiger partial charge in [0, 0.05) is 29.4 Å². The van der Waals surface area contributed by atoms with Crippen LogP contribution in [0, 0.1) is 0 Å². The molecule has 0 N–H and O–H groups in total. The summed E-state index contributed by atoms with van der Waals surface area (Å²) in [6.07, 6.45) is 7.61. The summed E-state index contributed by atoms with van der Waals surface area (Å²) in [7, 11) is 0. The van der Waals surface area contributed by atoms with Gasteiger partial charge in [0.1, 0.15) is 0 Å². The molecule has 0 aliphatic heterocycles. The lowest BCUT2D eigenvalue weighted by Gasteiger charge is -2.07. The van der Waals surface area contributed by atoms with Crippen LogP contribution in [-0.2, 0) is 0 Å². The van der Waals surface area contributed by atoms with Gasteiger partial charge >= 0.3 is 0 Å². The van der Waals surface area contributed by atoms with E-state index < -0.39 is 0 Å². The third-order valence-corrected chi connectivity index (χ3v) is 3.15. The summed E-state index contributed by atoms with van der Waals surface area (Å²) in [6, 6.07) is 10.2. The number of fused-ring (bicyclic) bond motifs is 6. The number of nitrogens with zero attached hydrogens (tertiary/aromatic N) is 3. The van der Waals surface area contributed by atoms with Crippen LogP contribution in [0.2, 0.25) is 0 Å². The third-order valence-electron chi connectivity index (χ3n) is 3.15. The van der Waals surface area contributed by atoms with Crippen molar-refractivity contribution in [1.29, 1.82) is 0 Å². The van der Waals surface area contributed by atoms with Crippen LogP contribution in [-0.4, -0.2) is 14.4 Å². The first-order valence-corrected chi connectivity index (χ1v) is 5.52. The summed E-state index contributed by atoms with van der Waals surface area (Å²) >= 11 is 0. The minimum absolute atomic E-state index is 1.04. The zero-order valence-corrected chi connectivity index (χ0v) is 9.04. The molecule has 0 aromatic carbocycles. The summed E-state index contributed by atoms with van der Waals surface area (Å²) in [5, 5.41) is 2.36. The van der Waals surface area contributed by atoms with Gasteiger partial charge in [0.05, 0.1) is 22.7 Å². The molecule has 4 heterocycles. The van der Waals surface area contributed by atoms with Gasteiger partial charge in [-0.25, -0.2) is 0 Å². The Morgan fingerprint density at radius 3 is 2.88 bits per heavy atom. The van der Waals surface area contributed by atoms with Gasteiger partial charge in [0.15, 0.2) is 0 Å². The van der Waals surface area contributed by atoms with Crippen molar-refractivity contribution in [3.8, 4) is 0 Å². The zero-order valence-electron chi connectivity index (χ0n) is 9.04. The highest BCUT2D eigenvalue weighted by atomic mass is 14.9. The lowest BCUT2D eigenvalue weighted by Crippen LogP contribution is -1.91. The number of rotatable bonds is 0. The molecule has 0 spiro atoms. The molecule has 3 nitrogen and oxygen atoms in total. The molecule has 0 aliphatic carbocycles. The van der Waals surface area contributed by atoms with Crippen molar-refractivity contribution in [2.24, 2.45) is 0 Å². The third kappa shape index (κ3) is 1.05. The van der Waals surface area contributed by atoms with Crippen LogP contribution in [0.4, 0.5) is 0 Å². The summed E-state index contributed by atoms with van der Waals surface area (Å²) in [5.74, 6) is 0. The lowest BCUT2D eigenvalue weighted by atomic mass is 10.1. The first-order valence-electron chi connectivity index (χ1n) is 5.52. The fraction of sp³-hybridized carbons (Fsp3) is 0. The van der Waals surface area contributed by atoms with Crippen LogP contribution in [0.25, 0.3) is 27.3 Å². The quantitative estimate of drug-likeness (QED) is 0.425. The van der Waals surface area contributed by atoms with E-state index >= 15 is 0 Å². The molecule has 17 heavy (non-hydrogen) atoms. The lowest BCUT2D eigenvalue weighted by molar-refractivity contribution is 1.24. The monoisotopic (exact) mass is 219 g/mol. The smallest absolute Gasteiger partial charge is 0.0948 e. The van der Waals surface area contributed by atoms with Gasteiger partial charge in [-0.3, -0.25) is 9.97 Å². The van der Waals surface area contributed by atoms with Crippen molar-refractivity contribution in [3.05, 3.63) is 55.1 Å². The van der Waals surface area contributed by atoms with E-state index in [-0.39, 0.29) is 0 Å². The second kappa shape index (κ2) is 3.04. The predicted molar refractivity (Wildman–Crippen MR) is 68.0 cm³/mol. The second-order valence-corrected chi connectivity index (χ2v) is 4.06. The Bertz CT molecular complexity index is 776. The summed E-state index contributed by atoms with van der Waals surface area (Å²) in [4.78, 5) is 8.70. The van der Waals surface area contributed by atoms with E-state index in [1.54, 1.807) is 0 Å². The maximum Gasteiger partial charge on any atom is 0.0948 e. The largest absolute Gasteiger partial charge is 0.313 e. The maximum absolute atomic E-state index is 4.49. The van der Waals surface area contributed by atoms with E-state index in [1.165, 1.54) is 10.8 Å². The van der Waals surface area contributed by atoms with Crippen molar-refractivity contribution in [1.82, 2.24) is 14.4 Å². The molecule has 3 heteroatoms. The highest BCUT2D eigenvalue weighted by molar-refractivity contribution is 6.10. The van der Waals surface area contributed by atoms with Crippen LogP contribution >= 0.6 is 0 Å². The fourth-order valence-electron chi connectivity index (χ4n) is 2.42. The minimum atomic E-state index is 1.04. The summed E-state index contributed by atoms with van der Waals surface area (Å²) < 4.78 is 2.14. The van der Waals surface area contributed by atoms with Crippen LogP contribution in [0.1, 0.15) is 0 Å². The summed E-state index contributed by atoms with van der Waals surface area (Å²) in [5.41, 5.74) is 3.28. The normalized spacial score (nSPS) is 11.5. The number of aromatic nitrogens is 3. The van der Waals surface area contributed by atoms with Gasteiger partial charge in [-0.2, -0.15) is 0 Å². The van der Waals surface area contributed by atoms with Crippen LogP contribution in [0.15, 0.2) is 55.1 Å². The number of pyridine rings is 3. The van der Waals surface area contributed by atoms with Crippen LogP contribution in [0.5, 0.6) is 0 Å². The van der Waals surface area contributed by atoms with Crippen molar-refractivity contribution in [3.63, 3.8) is 0 Å². The topological polar surface area (TPSA) is 30.2 Å². The highest BCUT2D eigenvalue weighted by Gasteiger charge is 2.07. The molecule has 0 radical (unpaired) electrons. The predicted octanol–water partition coefficient (Wildman–Crippen LogP) is 3.04. The average molecular weight is 219 g/mol. The molecule has 0 fully saturated rings. The molecule has 4 aromatic heterocycles. The molecular weight excluding hydrogens is 210 g/mol. The van der Waals surface area contributed by atoms with E-state index in [0.717, 1.165) is 16.6 Å². The molecule has 0 atom stereocenters. The highest BCUT2D eigenvalue weighted by Crippen LogP contribution is 2.27. The molecule has 0 aliphatic rings. The maximum atomic E-state index is 4.49. The molecule has 4 aromatic rings. The van der Waals surface area contributed by atoms with E-state index in [0.29, 0.717) is 0 Å². The van der Waals surface area contributed by atoms with Crippen molar-refractivity contribution in [2.45, 2.75) is 0 Å². The Labute approximate surface area is 97.4 Å². The molecule has 0 saturated carbocycles. The van der Waals surface area contributed by atoms with Gasteiger partial charge in [-0.05, 0) is 24.3 Å². The van der Waals surface area contributed by atoms with Gasteiger partial charge in [0.25, 0.3) is 0 Å². The van der Waals surface area contributed by atoms with Crippen molar-refractivity contribution in [2.75, 3.05) is 0 Å². The minimum Gasteiger partial charge on any atom is -0.313 e. The van der Waals surface area contributed by atoms with Gasteiger partial charge in [-0.15, -0.1) is 0 Å². The summed E-state index contributed by atoms with van der Waals surface area (Å²) in [6.45, 7) is 0. The Morgan fingerprint density at radius 1 is 0.882 bits per heavy atom. The molecule has 4 rings (SSSR count). The Hall–Kier alpha value is -2.42. The standard InChI is InChI=1S/C14H9N3/c1-3-11-10-5-7-15-9-13(10)17-8-2-4-12(17)14(11)16-6-1/h1-9H. The van der Waals surface area contributed by atoms with Gasteiger partial charge in [-0.1, -0.05) is 6.07 Å². The van der Waals surface area contributed by atoms with Crippen LogP contribution < -0.4 is 0 Å². The molecule has 0 saturated heterocycles. The fourth-order valence-corrected chi connectivity index (χ4v) is 2.42. The number of hydrogen-bond acceptors (Lipinski definition) is 2. The van der Waals surface area contributed by atoms with Crippen molar-refractivity contribution < 1.29 is 0 Å². The first-order chi connectivity index (χ1) is 8.45. The van der Waals surface area contributed by atoms with E-state index in [4.69, 9.17) is 0 Å². The Balaban J connectivity index is 2.48. The SMILES string of the molecule is c1cnc2c(c1)c1ccncc1n1cccc21. The van der Waals surface area contributed by atoms with E-state index in [9.17, 15) is 0 Å². The van der Waals surface area contributed by atoms with Crippen LogP contribution in [0.3, 0.4) is 0 Å². The van der Waals surface area contributed by atoms with E-state index in [2.05, 4.69) is 26.5 Å². The molecular formula is C14H9N3. The first kappa shape index (κ1) is 8.70. The number of hydrogen-bond donors (Lipinski definition) is 0. The Morgan fingerprint density at radius 2 is 1.88 bits per heavy atom. The molecule has 0 bridgehead atoms. The Kier molecular flexibility index (Phi) is 1.56. The van der Waals surface area contributed by atoms with Gasteiger partial charge in [0.2, 0.25) is 0 Å².